The van der Waals surface area contributed by atoms with E-state index in [2.05, 4.69) is 247 Å². The Kier molecular flexibility index (Phi) is 9.68. The Morgan fingerprint density at radius 2 is 0.710 bits per heavy atom. The molecule has 1 aromatic heterocycles. The highest BCUT2D eigenvalue weighted by molar-refractivity contribution is 6.28. The molecule has 0 saturated carbocycles. The molecule has 1 heterocycles. The third-order valence-corrected chi connectivity index (χ3v) is 12.4. The van der Waals surface area contributed by atoms with Crippen molar-refractivity contribution in [3.8, 4) is 44.7 Å². The summed E-state index contributed by atoms with van der Waals surface area (Å²) in [5.41, 5.74) is 14.8. The predicted molar refractivity (Wildman–Crippen MR) is 265 cm³/mol. The fourth-order valence-electron chi connectivity index (χ4n) is 8.92. The molecule has 0 saturated heterocycles. The molecule has 0 radical (unpaired) electrons. The van der Waals surface area contributed by atoms with Gasteiger partial charge in [0.1, 0.15) is 11.3 Å². The van der Waals surface area contributed by atoms with Crippen molar-refractivity contribution in [3.63, 3.8) is 0 Å². The van der Waals surface area contributed by atoms with E-state index in [1.165, 1.54) is 49.5 Å². The van der Waals surface area contributed by atoms with Crippen LogP contribution in [0.5, 0.6) is 0 Å². The molecular formula is C60H51NO. The second-order valence-corrected chi connectivity index (χ2v) is 18.6. The molecular weight excluding hydrogens is 751 g/mol. The van der Waals surface area contributed by atoms with Gasteiger partial charge in [-0.25, -0.2) is 0 Å². The van der Waals surface area contributed by atoms with Crippen molar-refractivity contribution in [2.75, 3.05) is 4.90 Å². The van der Waals surface area contributed by atoms with Crippen LogP contribution in [0.3, 0.4) is 0 Å². The van der Waals surface area contributed by atoms with Crippen molar-refractivity contribution in [3.05, 3.63) is 211 Å². The van der Waals surface area contributed by atoms with Crippen LogP contribution >= 0.6 is 0 Å². The maximum atomic E-state index is 7.26. The zero-order chi connectivity index (χ0) is 42.6. The fraction of sp³-hybridized carbons (Fsp3) is 0.133. The lowest BCUT2D eigenvalue weighted by Crippen LogP contribution is -2.11. The smallest absolute Gasteiger partial charge is 0.143 e. The number of hydrogen-bond acceptors (Lipinski definition) is 2. The van der Waals surface area contributed by atoms with E-state index in [4.69, 9.17) is 4.42 Å². The number of fused-ring (bicyclic) bond motifs is 6. The summed E-state index contributed by atoms with van der Waals surface area (Å²) in [4.78, 5) is 2.35. The maximum absolute atomic E-state index is 7.26. The van der Waals surface area contributed by atoms with E-state index < -0.39 is 0 Å². The average molecular weight is 802 g/mol. The SMILES string of the molecule is CC(C)(C)c1ccc2c3ccc(C(C)(C)C)cc3c3c(-c4ccc(N(c5ccc(-c6ccccc6)cc5)c5ccc(-c6ccccc6)cc5)cc4)c(-c4ccccc4)oc3c2c1. The first-order valence-electron chi connectivity index (χ1n) is 21.8. The van der Waals surface area contributed by atoms with Crippen LogP contribution in [0.25, 0.3) is 77.2 Å². The molecule has 10 aromatic rings. The Hall–Kier alpha value is -7.16. The third kappa shape index (κ3) is 7.16. The van der Waals surface area contributed by atoms with Crippen LogP contribution < -0.4 is 4.90 Å². The van der Waals surface area contributed by atoms with Crippen LogP contribution in [0, 0.1) is 0 Å². The van der Waals surface area contributed by atoms with Crippen LogP contribution in [0.4, 0.5) is 17.1 Å². The van der Waals surface area contributed by atoms with Crippen molar-refractivity contribution >= 4 is 49.6 Å². The normalized spacial score (nSPS) is 12.0. The average Bonchev–Trinajstić information content (AvgIpc) is 3.71. The van der Waals surface area contributed by atoms with Crippen molar-refractivity contribution in [2.45, 2.75) is 52.4 Å². The van der Waals surface area contributed by atoms with Crippen molar-refractivity contribution in [1.29, 1.82) is 0 Å². The van der Waals surface area contributed by atoms with E-state index in [0.29, 0.717) is 0 Å². The van der Waals surface area contributed by atoms with Gasteiger partial charge in [-0.2, -0.15) is 0 Å². The highest BCUT2D eigenvalue weighted by Gasteiger charge is 2.26. The van der Waals surface area contributed by atoms with E-state index >= 15 is 0 Å². The van der Waals surface area contributed by atoms with Gasteiger partial charge in [0.2, 0.25) is 0 Å². The van der Waals surface area contributed by atoms with Gasteiger partial charge in [0.25, 0.3) is 0 Å². The van der Waals surface area contributed by atoms with Crippen LogP contribution in [0.1, 0.15) is 52.7 Å². The molecule has 0 aliphatic rings. The molecule has 0 amide bonds. The minimum absolute atomic E-state index is 0.0192. The number of furan rings is 1. The van der Waals surface area contributed by atoms with E-state index in [-0.39, 0.29) is 10.8 Å². The van der Waals surface area contributed by atoms with Crippen LogP contribution in [-0.2, 0) is 10.8 Å². The second-order valence-electron chi connectivity index (χ2n) is 18.6. The van der Waals surface area contributed by atoms with Gasteiger partial charge >= 0.3 is 0 Å². The number of benzene rings is 9. The molecule has 302 valence electrons. The minimum Gasteiger partial charge on any atom is -0.455 e. The van der Waals surface area contributed by atoms with Gasteiger partial charge in [-0.05, 0) is 114 Å². The van der Waals surface area contributed by atoms with E-state index in [1.54, 1.807) is 0 Å². The highest BCUT2D eigenvalue weighted by Crippen LogP contribution is 2.49. The molecule has 0 unspecified atom stereocenters. The summed E-state index contributed by atoms with van der Waals surface area (Å²) in [7, 11) is 0. The first-order valence-corrected chi connectivity index (χ1v) is 21.8. The van der Waals surface area contributed by atoms with Crippen molar-refractivity contribution < 1.29 is 4.42 Å². The molecule has 0 bridgehead atoms. The van der Waals surface area contributed by atoms with Gasteiger partial charge in [-0.3, -0.25) is 0 Å². The number of rotatable bonds is 7. The lowest BCUT2D eigenvalue weighted by atomic mass is 9.82. The number of nitrogens with zero attached hydrogens (tertiary/aromatic N) is 1. The Bertz CT molecular complexity index is 3100. The van der Waals surface area contributed by atoms with Crippen molar-refractivity contribution in [2.24, 2.45) is 0 Å². The Balaban J connectivity index is 1.18. The summed E-state index contributed by atoms with van der Waals surface area (Å²) >= 11 is 0. The highest BCUT2D eigenvalue weighted by atomic mass is 16.3. The van der Waals surface area contributed by atoms with Gasteiger partial charge in [0.05, 0.1) is 0 Å². The zero-order valence-electron chi connectivity index (χ0n) is 36.4. The van der Waals surface area contributed by atoms with E-state index in [1.807, 2.05) is 0 Å². The lowest BCUT2D eigenvalue weighted by molar-refractivity contribution is 0.590. The van der Waals surface area contributed by atoms with Crippen LogP contribution in [0.15, 0.2) is 205 Å². The Morgan fingerprint density at radius 1 is 0.339 bits per heavy atom. The molecule has 0 atom stereocenters. The minimum atomic E-state index is -0.0264. The second kappa shape index (κ2) is 15.4. The predicted octanol–water partition coefficient (Wildman–Crippen LogP) is 17.5. The third-order valence-electron chi connectivity index (χ3n) is 12.4. The van der Waals surface area contributed by atoms with Crippen LogP contribution in [-0.4, -0.2) is 0 Å². The molecule has 2 heteroatoms. The molecule has 0 aliphatic carbocycles. The molecule has 0 spiro atoms. The largest absolute Gasteiger partial charge is 0.455 e. The molecule has 0 aliphatic heterocycles. The van der Waals surface area contributed by atoms with Gasteiger partial charge in [-0.15, -0.1) is 0 Å². The molecule has 9 aromatic carbocycles. The molecule has 0 N–H and O–H groups in total. The van der Waals surface area contributed by atoms with Crippen LogP contribution in [0.2, 0.25) is 0 Å². The standard InChI is InChI=1S/C60H51NO/c1-59(2,3)46-28-36-51-52-37-29-47(60(4,5)6)39-54(52)58-56(53(51)38-46)55(57(62-58)45-20-14-9-15-21-45)44-26-34-50(35-27-44)61(48-30-22-42(23-31-48)40-16-10-7-11-17-40)49-32-24-43(25-33-49)41-18-12-8-13-19-41/h7-39H,1-6H3. The summed E-state index contributed by atoms with van der Waals surface area (Å²) in [5, 5.41) is 5.97. The Morgan fingerprint density at radius 3 is 1.15 bits per heavy atom. The van der Waals surface area contributed by atoms with Gasteiger partial charge in [-0.1, -0.05) is 193 Å². The number of anilines is 3. The first kappa shape index (κ1) is 39.0. The summed E-state index contributed by atoms with van der Waals surface area (Å²) in [6, 6.07) is 72.7. The monoisotopic (exact) mass is 801 g/mol. The topological polar surface area (TPSA) is 16.4 Å². The number of hydrogen-bond donors (Lipinski definition) is 0. The molecule has 0 fully saturated rings. The van der Waals surface area contributed by atoms with Gasteiger partial charge < -0.3 is 9.32 Å². The Labute approximate surface area is 365 Å². The molecule has 2 nitrogen and oxygen atoms in total. The van der Waals surface area contributed by atoms with E-state index in [0.717, 1.165) is 55.9 Å². The maximum Gasteiger partial charge on any atom is 0.143 e. The van der Waals surface area contributed by atoms with Gasteiger partial charge in [0, 0.05) is 39.0 Å². The first-order chi connectivity index (χ1) is 30.0. The lowest BCUT2D eigenvalue weighted by Gasteiger charge is -2.26. The molecule has 62 heavy (non-hydrogen) atoms. The quantitative estimate of drug-likeness (QED) is 0.149. The summed E-state index contributed by atoms with van der Waals surface area (Å²) in [6.45, 7) is 13.7. The van der Waals surface area contributed by atoms with E-state index in [9.17, 15) is 0 Å². The molecule has 10 rings (SSSR count). The summed E-state index contributed by atoms with van der Waals surface area (Å²) < 4.78 is 7.26. The summed E-state index contributed by atoms with van der Waals surface area (Å²) in [5.74, 6) is 0.884. The fourth-order valence-corrected chi connectivity index (χ4v) is 8.92. The van der Waals surface area contributed by atoms with Crippen molar-refractivity contribution in [1.82, 2.24) is 0 Å². The van der Waals surface area contributed by atoms with Gasteiger partial charge in [0.15, 0.2) is 0 Å². The summed E-state index contributed by atoms with van der Waals surface area (Å²) in [6.07, 6.45) is 0. The zero-order valence-corrected chi connectivity index (χ0v) is 36.4.